The Kier molecular flexibility index (Phi) is 9.80. The van der Waals surface area contributed by atoms with Gasteiger partial charge < -0.3 is 49.3 Å². The summed E-state index contributed by atoms with van der Waals surface area (Å²) in [5, 5.41) is 11.7. The van der Waals surface area contributed by atoms with Crippen molar-refractivity contribution in [3.8, 4) is 45.5 Å². The van der Waals surface area contributed by atoms with Crippen LogP contribution in [0.5, 0.6) is 23.0 Å². The monoisotopic (exact) mass is 876 g/mol. The van der Waals surface area contributed by atoms with E-state index in [1.807, 2.05) is 33.4 Å². The van der Waals surface area contributed by atoms with Crippen LogP contribution in [0.4, 0.5) is 72.6 Å². The van der Waals surface area contributed by atoms with Crippen LogP contribution < -0.4 is 40.2 Å². The number of aromatic nitrogens is 6. The molecule has 2 aliphatic heterocycles. The number of alkyl halides is 6. The molecule has 4 aromatic heterocycles. The Hall–Kier alpha value is -8.42. The number of rotatable bonds is 11. The van der Waals surface area contributed by atoms with Crippen LogP contribution in [0.2, 0.25) is 0 Å². The first-order chi connectivity index (χ1) is 30.9. The number of halogens is 6. The summed E-state index contributed by atoms with van der Waals surface area (Å²) in [4.78, 5) is 16.6. The minimum atomic E-state index is -4.88. The standard InChI is InChI=1S/C44H30F6N10O4/c45-43(46,47)31-21-52-42(57-39(31)53-25-5-11-35-37(17-25)63-23-61-35)56-34-10-8-28(60-15-3-4-16-60)20-30(34)29-19-27(59-13-1-2-14-59)7-9-33(29)55-40-32(44(48,49)50)22-51-41(58-40)54-26-6-12-36-38(18-26)64-24-62-36/h1-22H,23-24H2,(H2,51,54,55,58)(H2,52,53,56,57). The van der Waals surface area contributed by atoms with E-state index in [1.54, 1.807) is 85.5 Å². The zero-order valence-corrected chi connectivity index (χ0v) is 32.7. The Labute approximate surface area is 358 Å². The molecule has 0 atom stereocenters. The first-order valence-electron chi connectivity index (χ1n) is 19.2. The molecular formula is C44H30F6N10O4. The number of fused-ring (bicyclic) bond motifs is 2. The van der Waals surface area contributed by atoms with E-state index in [0.29, 0.717) is 69.3 Å². The average Bonchev–Trinajstić information content (AvgIpc) is 4.12. The van der Waals surface area contributed by atoms with Crippen molar-refractivity contribution in [1.29, 1.82) is 0 Å². The minimum Gasteiger partial charge on any atom is -0.454 e. The molecule has 4 N–H and O–H groups in total. The fraction of sp³-hybridized carbons (Fsp3) is 0.0909. The summed E-state index contributed by atoms with van der Waals surface area (Å²) in [6.45, 7) is -0.00712. The van der Waals surface area contributed by atoms with Crippen molar-refractivity contribution >= 4 is 46.3 Å². The van der Waals surface area contributed by atoms with Gasteiger partial charge in [0, 0.05) is 94.6 Å². The molecule has 6 heterocycles. The Morgan fingerprint density at radius 2 is 0.906 bits per heavy atom. The van der Waals surface area contributed by atoms with Crippen LogP contribution in [0.1, 0.15) is 11.1 Å². The number of nitrogens with zero attached hydrogens (tertiary/aromatic N) is 6. The highest BCUT2D eigenvalue weighted by Crippen LogP contribution is 2.43. The van der Waals surface area contributed by atoms with Crippen molar-refractivity contribution in [2.24, 2.45) is 0 Å². The lowest BCUT2D eigenvalue weighted by atomic mass is 9.99. The smallest absolute Gasteiger partial charge is 0.421 e. The second kappa shape index (κ2) is 15.8. The molecule has 0 saturated carbocycles. The lowest BCUT2D eigenvalue weighted by molar-refractivity contribution is -0.138. The third-order valence-electron chi connectivity index (χ3n) is 10.1. The molecule has 0 amide bonds. The van der Waals surface area contributed by atoms with Crippen molar-refractivity contribution in [2.75, 3.05) is 34.9 Å². The zero-order chi connectivity index (χ0) is 44.0. The fourth-order valence-corrected chi connectivity index (χ4v) is 7.01. The Bertz CT molecular complexity index is 3020. The van der Waals surface area contributed by atoms with E-state index in [2.05, 4.69) is 41.2 Å². The van der Waals surface area contributed by atoms with E-state index >= 15 is 0 Å². The summed E-state index contributed by atoms with van der Waals surface area (Å²) < 4.78 is 112. The summed E-state index contributed by atoms with van der Waals surface area (Å²) in [6.07, 6.45) is -1.18. The van der Waals surface area contributed by atoms with Crippen molar-refractivity contribution in [1.82, 2.24) is 29.1 Å². The van der Waals surface area contributed by atoms with E-state index < -0.39 is 35.1 Å². The molecule has 0 fully saturated rings. The quantitative estimate of drug-likeness (QED) is 0.0917. The van der Waals surface area contributed by atoms with Crippen LogP contribution in [0.3, 0.4) is 0 Å². The third-order valence-corrected chi connectivity index (χ3v) is 10.1. The van der Waals surface area contributed by atoms with Gasteiger partial charge in [-0.1, -0.05) is 0 Å². The number of benzene rings is 4. The molecule has 20 heteroatoms. The number of anilines is 8. The van der Waals surface area contributed by atoms with Crippen LogP contribution in [0.15, 0.2) is 134 Å². The summed E-state index contributed by atoms with van der Waals surface area (Å²) in [5.74, 6) is 0.222. The zero-order valence-electron chi connectivity index (χ0n) is 32.7. The lowest BCUT2D eigenvalue weighted by Gasteiger charge is -2.21. The first kappa shape index (κ1) is 39.7. The minimum absolute atomic E-state index is 0.0263. The summed E-state index contributed by atoms with van der Waals surface area (Å²) in [6, 6.07) is 27.0. The average molecular weight is 877 g/mol. The summed E-state index contributed by atoms with van der Waals surface area (Å²) in [7, 11) is 0. The van der Waals surface area contributed by atoms with Gasteiger partial charge in [-0.05, 0) is 84.9 Å². The molecule has 0 spiro atoms. The predicted molar refractivity (Wildman–Crippen MR) is 223 cm³/mol. The molecule has 4 aromatic carbocycles. The first-order valence-corrected chi connectivity index (χ1v) is 19.2. The molecule has 0 aliphatic carbocycles. The maximum absolute atomic E-state index is 14.7. The van der Waals surface area contributed by atoms with Crippen LogP contribution in [-0.4, -0.2) is 42.7 Å². The van der Waals surface area contributed by atoms with E-state index in [9.17, 15) is 26.3 Å². The molecule has 2 aliphatic rings. The van der Waals surface area contributed by atoms with Gasteiger partial charge in [-0.2, -0.15) is 36.3 Å². The Balaban J connectivity index is 1.08. The Morgan fingerprint density at radius 3 is 1.41 bits per heavy atom. The van der Waals surface area contributed by atoms with Crippen LogP contribution >= 0.6 is 0 Å². The van der Waals surface area contributed by atoms with Gasteiger partial charge in [0.05, 0.1) is 0 Å². The summed E-state index contributed by atoms with van der Waals surface area (Å²) in [5.41, 5.74) is 0.911. The van der Waals surface area contributed by atoms with Crippen LogP contribution in [-0.2, 0) is 12.4 Å². The maximum Gasteiger partial charge on any atom is 0.421 e. The van der Waals surface area contributed by atoms with E-state index in [4.69, 9.17) is 18.9 Å². The van der Waals surface area contributed by atoms with Gasteiger partial charge in [0.1, 0.15) is 22.8 Å². The molecule has 0 bridgehead atoms. The maximum atomic E-state index is 14.7. The van der Waals surface area contributed by atoms with E-state index in [1.165, 1.54) is 12.1 Å². The highest BCUT2D eigenvalue weighted by atomic mass is 19.4. The number of hydrogen-bond donors (Lipinski definition) is 4. The van der Waals surface area contributed by atoms with Crippen molar-refractivity contribution in [2.45, 2.75) is 12.4 Å². The van der Waals surface area contributed by atoms with Crippen molar-refractivity contribution < 1.29 is 45.3 Å². The predicted octanol–water partition coefficient (Wildman–Crippen LogP) is 11.0. The molecule has 0 unspecified atom stereocenters. The Morgan fingerprint density at radius 1 is 0.469 bits per heavy atom. The van der Waals surface area contributed by atoms with Gasteiger partial charge in [-0.15, -0.1) is 0 Å². The largest absolute Gasteiger partial charge is 0.454 e. The van der Waals surface area contributed by atoms with Crippen LogP contribution in [0.25, 0.3) is 22.5 Å². The van der Waals surface area contributed by atoms with Gasteiger partial charge >= 0.3 is 12.4 Å². The number of hydrogen-bond acceptors (Lipinski definition) is 12. The van der Waals surface area contributed by atoms with Crippen LogP contribution in [0, 0.1) is 0 Å². The highest BCUT2D eigenvalue weighted by molar-refractivity contribution is 5.91. The molecular weight excluding hydrogens is 847 g/mol. The summed E-state index contributed by atoms with van der Waals surface area (Å²) >= 11 is 0. The fourth-order valence-electron chi connectivity index (χ4n) is 7.01. The second-order valence-electron chi connectivity index (χ2n) is 14.2. The molecule has 10 rings (SSSR count). The number of ether oxygens (including phenoxy) is 4. The number of nitrogens with one attached hydrogen (secondary N) is 4. The van der Waals surface area contributed by atoms with E-state index in [0.717, 1.165) is 0 Å². The molecule has 64 heavy (non-hydrogen) atoms. The topological polar surface area (TPSA) is 146 Å². The molecule has 8 aromatic rings. The second-order valence-corrected chi connectivity index (χ2v) is 14.2. The normalized spacial score (nSPS) is 12.9. The van der Waals surface area contributed by atoms with Gasteiger partial charge in [-0.25, -0.2) is 9.97 Å². The lowest BCUT2D eigenvalue weighted by Crippen LogP contribution is -2.13. The molecule has 0 radical (unpaired) electrons. The van der Waals surface area contributed by atoms with Gasteiger partial charge in [0.25, 0.3) is 0 Å². The molecule has 0 saturated heterocycles. The van der Waals surface area contributed by atoms with Gasteiger partial charge in [0.15, 0.2) is 23.0 Å². The van der Waals surface area contributed by atoms with Crippen molar-refractivity contribution in [3.05, 3.63) is 145 Å². The highest BCUT2D eigenvalue weighted by Gasteiger charge is 2.37. The third kappa shape index (κ3) is 8.06. The SMILES string of the molecule is FC(F)(F)c1cnc(Nc2ccc(-n3cccc3)cc2-c2cc(-n3cccc3)ccc2Nc2nc(Nc3ccc4c(c3)OCO4)ncc2C(F)(F)F)nc1Nc1ccc2c(c1)OCO2. The van der Waals surface area contributed by atoms with Gasteiger partial charge in [-0.3, -0.25) is 0 Å². The molecule has 322 valence electrons. The molecule has 14 nitrogen and oxygen atoms in total. The van der Waals surface area contributed by atoms with Crippen molar-refractivity contribution in [3.63, 3.8) is 0 Å². The van der Waals surface area contributed by atoms with E-state index in [-0.39, 0.29) is 36.9 Å². The van der Waals surface area contributed by atoms with Gasteiger partial charge in [0.2, 0.25) is 25.5 Å².